The third kappa shape index (κ3) is 2.44. The number of nitrogens with zero attached hydrogens (tertiary/aromatic N) is 1. The van der Waals surface area contributed by atoms with E-state index in [0.29, 0.717) is 18.0 Å². The molecular formula is C17H26N2. The van der Waals surface area contributed by atoms with Gasteiger partial charge in [-0.25, -0.2) is 0 Å². The molecule has 104 valence electrons. The fourth-order valence-electron chi connectivity index (χ4n) is 4.21. The van der Waals surface area contributed by atoms with Gasteiger partial charge in [0.05, 0.1) is 0 Å². The van der Waals surface area contributed by atoms with E-state index in [9.17, 15) is 0 Å². The molecule has 1 fully saturated rings. The maximum absolute atomic E-state index is 5.96. The SMILES string of the molecule is CN(C1CCCc2ccccc21)C1CCCC1CN. The van der Waals surface area contributed by atoms with Crippen LogP contribution < -0.4 is 5.73 Å². The van der Waals surface area contributed by atoms with Gasteiger partial charge >= 0.3 is 0 Å². The maximum atomic E-state index is 5.96. The first kappa shape index (κ1) is 13.1. The van der Waals surface area contributed by atoms with Gasteiger partial charge in [0.25, 0.3) is 0 Å². The van der Waals surface area contributed by atoms with E-state index in [-0.39, 0.29) is 0 Å². The molecule has 2 aliphatic carbocycles. The molecule has 0 saturated heterocycles. The molecule has 19 heavy (non-hydrogen) atoms. The van der Waals surface area contributed by atoms with Crippen LogP contribution in [0.1, 0.15) is 49.3 Å². The Morgan fingerprint density at radius 3 is 2.84 bits per heavy atom. The number of hydrogen-bond donors (Lipinski definition) is 1. The zero-order valence-corrected chi connectivity index (χ0v) is 12.0. The number of fused-ring (bicyclic) bond motifs is 1. The summed E-state index contributed by atoms with van der Waals surface area (Å²) in [6.07, 6.45) is 7.89. The lowest BCUT2D eigenvalue weighted by Crippen LogP contribution is -2.41. The minimum absolute atomic E-state index is 0.613. The van der Waals surface area contributed by atoms with Crippen LogP contribution in [-0.4, -0.2) is 24.5 Å². The standard InChI is InChI=1S/C17H26N2/c1-19(16-10-5-8-14(16)12-18)17-11-4-7-13-6-2-3-9-15(13)17/h2-3,6,9,14,16-17H,4-5,7-8,10-12,18H2,1H3. The topological polar surface area (TPSA) is 29.3 Å². The Bertz CT molecular complexity index is 429. The third-order valence-electron chi connectivity index (χ3n) is 5.27. The van der Waals surface area contributed by atoms with Gasteiger partial charge < -0.3 is 5.73 Å². The lowest BCUT2D eigenvalue weighted by molar-refractivity contribution is 0.129. The molecule has 3 rings (SSSR count). The predicted octanol–water partition coefficient (Wildman–Crippen LogP) is 3.12. The van der Waals surface area contributed by atoms with E-state index < -0.39 is 0 Å². The molecule has 3 unspecified atom stereocenters. The number of hydrogen-bond acceptors (Lipinski definition) is 2. The van der Waals surface area contributed by atoms with Crippen LogP contribution in [0.15, 0.2) is 24.3 Å². The molecule has 2 aliphatic rings. The van der Waals surface area contributed by atoms with Crippen LogP contribution in [0.4, 0.5) is 0 Å². The molecule has 0 aromatic heterocycles. The van der Waals surface area contributed by atoms with E-state index in [0.717, 1.165) is 6.54 Å². The predicted molar refractivity (Wildman–Crippen MR) is 80.1 cm³/mol. The van der Waals surface area contributed by atoms with Crippen molar-refractivity contribution < 1.29 is 0 Å². The quantitative estimate of drug-likeness (QED) is 0.902. The summed E-state index contributed by atoms with van der Waals surface area (Å²) in [6, 6.07) is 10.3. The normalized spacial score (nSPS) is 30.6. The average molecular weight is 258 g/mol. The Balaban J connectivity index is 1.83. The molecule has 1 aromatic rings. The average Bonchev–Trinajstić information content (AvgIpc) is 2.94. The molecule has 2 heteroatoms. The van der Waals surface area contributed by atoms with Crippen molar-refractivity contribution in [3.63, 3.8) is 0 Å². The van der Waals surface area contributed by atoms with Gasteiger partial charge in [-0.3, -0.25) is 4.90 Å². The summed E-state index contributed by atoms with van der Waals surface area (Å²) in [6.45, 7) is 0.851. The van der Waals surface area contributed by atoms with Gasteiger partial charge in [0.15, 0.2) is 0 Å². The van der Waals surface area contributed by atoms with E-state index >= 15 is 0 Å². The van der Waals surface area contributed by atoms with Crippen LogP contribution in [0, 0.1) is 5.92 Å². The fraction of sp³-hybridized carbons (Fsp3) is 0.647. The Morgan fingerprint density at radius 2 is 2.00 bits per heavy atom. The van der Waals surface area contributed by atoms with Crippen LogP contribution in [0.25, 0.3) is 0 Å². The minimum atomic E-state index is 0.613. The van der Waals surface area contributed by atoms with Crippen molar-refractivity contribution in [1.82, 2.24) is 4.90 Å². The zero-order valence-electron chi connectivity index (χ0n) is 12.0. The Morgan fingerprint density at radius 1 is 1.16 bits per heavy atom. The van der Waals surface area contributed by atoms with Crippen LogP contribution >= 0.6 is 0 Å². The molecule has 0 aliphatic heterocycles. The van der Waals surface area contributed by atoms with Crippen molar-refractivity contribution in [3.05, 3.63) is 35.4 Å². The summed E-state index contributed by atoms with van der Waals surface area (Å²) in [5.74, 6) is 0.707. The highest BCUT2D eigenvalue weighted by atomic mass is 15.2. The van der Waals surface area contributed by atoms with Gasteiger partial charge in [-0.05, 0) is 62.7 Å². The molecule has 2 N–H and O–H groups in total. The second kappa shape index (κ2) is 5.64. The first-order valence-electron chi connectivity index (χ1n) is 7.81. The van der Waals surface area contributed by atoms with Crippen LogP contribution in [0.3, 0.4) is 0 Å². The van der Waals surface area contributed by atoms with Gasteiger partial charge in [-0.1, -0.05) is 30.7 Å². The summed E-state index contributed by atoms with van der Waals surface area (Å²) in [5, 5.41) is 0. The van der Waals surface area contributed by atoms with Crippen LogP contribution in [0.5, 0.6) is 0 Å². The van der Waals surface area contributed by atoms with Crippen molar-refractivity contribution in [2.45, 2.75) is 50.6 Å². The highest BCUT2D eigenvalue weighted by molar-refractivity contribution is 5.32. The molecule has 1 saturated carbocycles. The fourth-order valence-corrected chi connectivity index (χ4v) is 4.21. The van der Waals surface area contributed by atoms with E-state index in [1.165, 1.54) is 38.5 Å². The first-order valence-corrected chi connectivity index (χ1v) is 7.81. The maximum Gasteiger partial charge on any atom is 0.0350 e. The first-order chi connectivity index (χ1) is 9.31. The van der Waals surface area contributed by atoms with Crippen LogP contribution in [-0.2, 0) is 6.42 Å². The summed E-state index contributed by atoms with van der Waals surface area (Å²) < 4.78 is 0. The summed E-state index contributed by atoms with van der Waals surface area (Å²) in [7, 11) is 2.32. The summed E-state index contributed by atoms with van der Waals surface area (Å²) in [5.41, 5.74) is 9.09. The molecule has 0 spiro atoms. The van der Waals surface area contributed by atoms with Crippen molar-refractivity contribution in [2.24, 2.45) is 11.7 Å². The third-order valence-corrected chi connectivity index (χ3v) is 5.27. The molecular weight excluding hydrogens is 232 g/mol. The smallest absolute Gasteiger partial charge is 0.0350 e. The highest BCUT2D eigenvalue weighted by Gasteiger charge is 2.34. The van der Waals surface area contributed by atoms with Crippen molar-refractivity contribution in [1.29, 1.82) is 0 Å². The van der Waals surface area contributed by atoms with Crippen molar-refractivity contribution in [2.75, 3.05) is 13.6 Å². The molecule has 3 atom stereocenters. The van der Waals surface area contributed by atoms with E-state index in [4.69, 9.17) is 5.73 Å². The van der Waals surface area contributed by atoms with Gasteiger partial charge in [-0.2, -0.15) is 0 Å². The van der Waals surface area contributed by atoms with Crippen molar-refractivity contribution in [3.8, 4) is 0 Å². The molecule has 0 amide bonds. The number of aryl methyl sites for hydroxylation is 1. The number of nitrogens with two attached hydrogens (primary N) is 1. The monoisotopic (exact) mass is 258 g/mol. The lowest BCUT2D eigenvalue weighted by Gasteiger charge is -2.39. The molecule has 0 radical (unpaired) electrons. The minimum Gasteiger partial charge on any atom is -0.330 e. The molecule has 0 heterocycles. The molecule has 2 nitrogen and oxygen atoms in total. The second-order valence-corrected chi connectivity index (χ2v) is 6.27. The number of rotatable bonds is 3. The van der Waals surface area contributed by atoms with Gasteiger partial charge in [0.1, 0.15) is 0 Å². The largest absolute Gasteiger partial charge is 0.330 e. The lowest BCUT2D eigenvalue weighted by atomic mass is 9.85. The van der Waals surface area contributed by atoms with Gasteiger partial charge in [0.2, 0.25) is 0 Å². The van der Waals surface area contributed by atoms with Gasteiger partial charge in [0, 0.05) is 12.1 Å². The van der Waals surface area contributed by atoms with Gasteiger partial charge in [-0.15, -0.1) is 0 Å². The Hall–Kier alpha value is -0.860. The molecule has 1 aromatic carbocycles. The van der Waals surface area contributed by atoms with E-state index in [2.05, 4.69) is 36.2 Å². The highest BCUT2D eigenvalue weighted by Crippen LogP contribution is 2.39. The van der Waals surface area contributed by atoms with Crippen LogP contribution in [0.2, 0.25) is 0 Å². The van der Waals surface area contributed by atoms with Crippen molar-refractivity contribution >= 4 is 0 Å². The molecule has 0 bridgehead atoms. The Labute approximate surface area is 117 Å². The zero-order chi connectivity index (χ0) is 13.2. The Kier molecular flexibility index (Phi) is 3.90. The second-order valence-electron chi connectivity index (χ2n) is 6.27. The number of benzene rings is 1. The van der Waals surface area contributed by atoms with E-state index in [1.807, 2.05) is 0 Å². The van der Waals surface area contributed by atoms with E-state index in [1.54, 1.807) is 11.1 Å². The summed E-state index contributed by atoms with van der Waals surface area (Å²) >= 11 is 0. The summed E-state index contributed by atoms with van der Waals surface area (Å²) in [4.78, 5) is 2.64.